The van der Waals surface area contributed by atoms with Crippen LogP contribution in [0.2, 0.25) is 0 Å². The number of amides is 1. The first kappa shape index (κ1) is 16.6. The molecule has 3 aromatic rings. The molecule has 0 unspecified atom stereocenters. The van der Waals surface area contributed by atoms with Gasteiger partial charge >= 0.3 is 0 Å². The zero-order valence-corrected chi connectivity index (χ0v) is 14.5. The summed E-state index contributed by atoms with van der Waals surface area (Å²) < 4.78 is 0. The van der Waals surface area contributed by atoms with Crippen LogP contribution < -0.4 is 10.6 Å². The number of rotatable bonds is 4. The van der Waals surface area contributed by atoms with E-state index in [1.54, 1.807) is 6.07 Å². The molecular formula is C20H20N4O. The molecule has 3 rings (SSSR count). The zero-order valence-electron chi connectivity index (χ0n) is 14.5. The first-order valence-corrected chi connectivity index (χ1v) is 8.07. The van der Waals surface area contributed by atoms with Gasteiger partial charge in [0.15, 0.2) is 0 Å². The molecular weight excluding hydrogens is 312 g/mol. The van der Waals surface area contributed by atoms with Gasteiger partial charge in [-0.2, -0.15) is 0 Å². The van der Waals surface area contributed by atoms with Crippen molar-refractivity contribution in [2.24, 2.45) is 0 Å². The van der Waals surface area contributed by atoms with Crippen molar-refractivity contribution in [3.05, 3.63) is 77.2 Å². The molecule has 0 atom stereocenters. The highest BCUT2D eigenvalue weighted by molar-refractivity contribution is 6.03. The Bertz CT molecular complexity index is 901. The Hall–Kier alpha value is -3.21. The second kappa shape index (κ2) is 7.13. The molecule has 126 valence electrons. The zero-order chi connectivity index (χ0) is 17.8. The third-order valence-corrected chi connectivity index (χ3v) is 4.03. The summed E-state index contributed by atoms with van der Waals surface area (Å²) in [6.45, 7) is 6.01. The number of nitrogens with zero attached hydrogens (tertiary/aromatic N) is 2. The number of carbonyl (C=O) groups is 1. The Morgan fingerprint density at radius 1 is 0.880 bits per heavy atom. The molecule has 0 aliphatic rings. The van der Waals surface area contributed by atoms with Crippen molar-refractivity contribution in [2.45, 2.75) is 20.8 Å². The van der Waals surface area contributed by atoms with Gasteiger partial charge < -0.3 is 10.6 Å². The maximum absolute atomic E-state index is 12.5. The van der Waals surface area contributed by atoms with Crippen molar-refractivity contribution in [3.8, 4) is 0 Å². The third kappa shape index (κ3) is 3.83. The van der Waals surface area contributed by atoms with Crippen LogP contribution in [-0.2, 0) is 0 Å². The van der Waals surface area contributed by atoms with Gasteiger partial charge in [-0.1, -0.05) is 36.4 Å². The van der Waals surface area contributed by atoms with Gasteiger partial charge in [-0.05, 0) is 43.5 Å². The van der Waals surface area contributed by atoms with E-state index in [0.717, 1.165) is 28.1 Å². The van der Waals surface area contributed by atoms with Gasteiger partial charge in [-0.25, -0.2) is 9.97 Å². The van der Waals surface area contributed by atoms with Gasteiger partial charge in [0.2, 0.25) is 0 Å². The lowest BCUT2D eigenvalue weighted by Gasteiger charge is -2.12. The van der Waals surface area contributed by atoms with E-state index in [4.69, 9.17) is 0 Å². The highest BCUT2D eigenvalue weighted by Crippen LogP contribution is 2.23. The second-order valence-electron chi connectivity index (χ2n) is 5.95. The van der Waals surface area contributed by atoms with E-state index in [1.807, 2.05) is 63.2 Å². The summed E-state index contributed by atoms with van der Waals surface area (Å²) in [5, 5.41) is 6.16. The minimum absolute atomic E-state index is 0.263. The third-order valence-electron chi connectivity index (χ3n) is 4.03. The Morgan fingerprint density at radius 3 is 2.28 bits per heavy atom. The Kier molecular flexibility index (Phi) is 4.75. The molecule has 0 saturated carbocycles. The summed E-state index contributed by atoms with van der Waals surface area (Å²) in [6, 6.07) is 15.4. The van der Waals surface area contributed by atoms with Gasteiger partial charge in [0, 0.05) is 17.4 Å². The van der Waals surface area contributed by atoms with Crippen LogP contribution in [0, 0.1) is 20.8 Å². The lowest BCUT2D eigenvalue weighted by Crippen LogP contribution is -2.15. The summed E-state index contributed by atoms with van der Waals surface area (Å²) in [4.78, 5) is 20.8. The predicted molar refractivity (Wildman–Crippen MR) is 100 cm³/mol. The van der Waals surface area contributed by atoms with Crippen LogP contribution in [0.1, 0.15) is 27.2 Å². The highest BCUT2D eigenvalue weighted by atomic mass is 16.1. The number of carbonyl (C=O) groups excluding carboxylic acids is 1. The fraction of sp³-hybridized carbons (Fsp3) is 0.150. The molecule has 1 aromatic heterocycles. The van der Waals surface area contributed by atoms with Gasteiger partial charge in [0.05, 0.1) is 0 Å². The van der Waals surface area contributed by atoms with Crippen LogP contribution in [-0.4, -0.2) is 15.9 Å². The number of benzene rings is 2. The van der Waals surface area contributed by atoms with Gasteiger partial charge in [-0.3, -0.25) is 4.79 Å². The maximum atomic E-state index is 12.5. The lowest BCUT2D eigenvalue weighted by molar-refractivity contribution is 0.102. The van der Waals surface area contributed by atoms with E-state index in [9.17, 15) is 4.79 Å². The molecule has 5 heteroatoms. The molecule has 5 nitrogen and oxygen atoms in total. The first-order valence-electron chi connectivity index (χ1n) is 8.07. The fourth-order valence-electron chi connectivity index (χ4n) is 2.59. The molecule has 0 spiro atoms. The molecule has 1 amide bonds. The first-order chi connectivity index (χ1) is 12.0. The van der Waals surface area contributed by atoms with Gasteiger partial charge in [-0.15, -0.1) is 0 Å². The maximum Gasteiger partial charge on any atom is 0.274 e. The average Bonchev–Trinajstić information content (AvgIpc) is 2.60. The quantitative estimate of drug-likeness (QED) is 0.743. The lowest BCUT2D eigenvalue weighted by atomic mass is 10.1. The monoisotopic (exact) mass is 332 g/mol. The van der Waals surface area contributed by atoms with E-state index in [0.29, 0.717) is 11.5 Å². The average molecular weight is 332 g/mol. The van der Waals surface area contributed by atoms with Crippen molar-refractivity contribution >= 4 is 23.1 Å². The summed E-state index contributed by atoms with van der Waals surface area (Å²) in [5.41, 5.74) is 5.31. The number of hydrogen-bond donors (Lipinski definition) is 2. The topological polar surface area (TPSA) is 66.9 Å². The van der Waals surface area contributed by atoms with Gasteiger partial charge in [0.1, 0.15) is 17.8 Å². The summed E-state index contributed by atoms with van der Waals surface area (Å²) in [7, 11) is 0. The largest absolute Gasteiger partial charge is 0.340 e. The molecule has 2 aromatic carbocycles. The van der Waals surface area contributed by atoms with Crippen LogP contribution in [0.15, 0.2) is 54.9 Å². The number of para-hydroxylation sites is 2. The van der Waals surface area contributed by atoms with Crippen molar-refractivity contribution in [2.75, 3.05) is 10.6 Å². The number of hydrogen-bond acceptors (Lipinski definition) is 4. The molecule has 1 heterocycles. The fourth-order valence-corrected chi connectivity index (χ4v) is 2.59. The standard InChI is InChI=1S/C20H20N4O/c1-13-7-4-5-10-16(13)23-20(25)17-11-18(22-12-21-17)24-19-14(2)8-6-9-15(19)3/h4-12H,1-3H3,(H,23,25)(H,21,22,24). The highest BCUT2D eigenvalue weighted by Gasteiger charge is 2.11. The second-order valence-corrected chi connectivity index (χ2v) is 5.95. The molecule has 0 fully saturated rings. The molecule has 0 bridgehead atoms. The van der Waals surface area contributed by atoms with E-state index < -0.39 is 0 Å². The van der Waals surface area contributed by atoms with Crippen LogP contribution in [0.25, 0.3) is 0 Å². The van der Waals surface area contributed by atoms with E-state index in [1.165, 1.54) is 6.33 Å². The number of nitrogens with one attached hydrogen (secondary N) is 2. The molecule has 25 heavy (non-hydrogen) atoms. The number of aryl methyl sites for hydroxylation is 3. The van der Waals surface area contributed by atoms with E-state index in [-0.39, 0.29) is 5.91 Å². The SMILES string of the molecule is Cc1ccccc1NC(=O)c1cc(Nc2c(C)cccc2C)ncn1. The van der Waals surface area contributed by atoms with Crippen LogP contribution >= 0.6 is 0 Å². The molecule has 2 N–H and O–H groups in total. The van der Waals surface area contributed by atoms with E-state index in [2.05, 4.69) is 20.6 Å². The number of anilines is 3. The Morgan fingerprint density at radius 2 is 1.56 bits per heavy atom. The normalized spacial score (nSPS) is 10.4. The van der Waals surface area contributed by atoms with Crippen molar-refractivity contribution in [1.29, 1.82) is 0 Å². The van der Waals surface area contributed by atoms with Crippen LogP contribution in [0.3, 0.4) is 0 Å². The summed E-state index contributed by atoms with van der Waals surface area (Å²) >= 11 is 0. The Balaban J connectivity index is 1.82. The van der Waals surface area contributed by atoms with E-state index >= 15 is 0 Å². The molecule has 0 saturated heterocycles. The van der Waals surface area contributed by atoms with Crippen LogP contribution in [0.4, 0.5) is 17.2 Å². The van der Waals surface area contributed by atoms with Crippen molar-refractivity contribution in [1.82, 2.24) is 9.97 Å². The molecule has 0 aliphatic carbocycles. The Labute approximate surface area is 147 Å². The van der Waals surface area contributed by atoms with Gasteiger partial charge in [0.25, 0.3) is 5.91 Å². The van der Waals surface area contributed by atoms with Crippen molar-refractivity contribution in [3.63, 3.8) is 0 Å². The minimum Gasteiger partial charge on any atom is -0.340 e. The summed E-state index contributed by atoms with van der Waals surface area (Å²) in [6.07, 6.45) is 1.39. The molecule has 0 aliphatic heterocycles. The summed E-state index contributed by atoms with van der Waals surface area (Å²) in [5.74, 6) is 0.323. The molecule has 0 radical (unpaired) electrons. The minimum atomic E-state index is -0.263. The predicted octanol–water partition coefficient (Wildman–Crippen LogP) is 4.40. The van der Waals surface area contributed by atoms with Crippen LogP contribution in [0.5, 0.6) is 0 Å². The number of aromatic nitrogens is 2. The smallest absolute Gasteiger partial charge is 0.274 e. The van der Waals surface area contributed by atoms with Crippen molar-refractivity contribution < 1.29 is 4.79 Å².